The predicted octanol–water partition coefficient (Wildman–Crippen LogP) is 4.15. The van der Waals surface area contributed by atoms with Gasteiger partial charge in [-0.25, -0.2) is 0 Å². The van der Waals surface area contributed by atoms with Gasteiger partial charge in [-0.15, -0.1) is 0 Å². The normalized spacial score (nSPS) is 17.0. The fourth-order valence-corrected chi connectivity index (χ4v) is 3.74. The molecule has 1 aliphatic heterocycles. The van der Waals surface area contributed by atoms with Crippen LogP contribution < -0.4 is 5.32 Å². The van der Waals surface area contributed by atoms with Crippen LogP contribution in [-0.2, 0) is 12.8 Å². The summed E-state index contributed by atoms with van der Waals surface area (Å²) in [7, 11) is 0. The number of rotatable bonds is 3. The molecule has 23 heavy (non-hydrogen) atoms. The molecule has 116 valence electrons. The molecule has 0 radical (unpaired) electrons. The number of fused-ring (bicyclic) bond motifs is 1. The Hall–Kier alpha value is -2.32. The van der Waals surface area contributed by atoms with Crippen molar-refractivity contribution in [1.29, 1.82) is 0 Å². The Morgan fingerprint density at radius 3 is 2.74 bits per heavy atom. The Labute approximate surface area is 137 Å². The van der Waals surface area contributed by atoms with E-state index < -0.39 is 0 Å². The van der Waals surface area contributed by atoms with E-state index in [0.717, 1.165) is 19.4 Å². The van der Waals surface area contributed by atoms with Gasteiger partial charge >= 0.3 is 0 Å². The minimum atomic E-state index is 0.296. The lowest BCUT2D eigenvalue weighted by Crippen LogP contribution is -2.31. The first-order chi connectivity index (χ1) is 11.3. The van der Waals surface area contributed by atoms with Gasteiger partial charge in [0, 0.05) is 24.9 Å². The van der Waals surface area contributed by atoms with Crippen molar-refractivity contribution in [2.24, 2.45) is 0 Å². The fourth-order valence-electron chi connectivity index (χ4n) is 3.74. The number of aromatic amines is 1. The van der Waals surface area contributed by atoms with E-state index in [2.05, 4.69) is 78.0 Å². The molecule has 2 N–H and O–H groups in total. The van der Waals surface area contributed by atoms with Crippen LogP contribution in [0.15, 0.2) is 60.8 Å². The Kier molecular flexibility index (Phi) is 3.76. The van der Waals surface area contributed by atoms with E-state index in [-0.39, 0.29) is 0 Å². The number of hydrogen-bond donors (Lipinski definition) is 2. The summed E-state index contributed by atoms with van der Waals surface area (Å²) in [5.74, 6) is 0. The van der Waals surface area contributed by atoms with E-state index in [4.69, 9.17) is 0 Å². The standard InChI is InChI=1S/C21H22N2/c1-15-6-5-9-17(14-16-7-3-2-4-8-16)20(15)21-18-10-12-22-19(18)11-13-23-21/h2-10,12,21-23H,11,13-14H2,1H3. The molecule has 0 bridgehead atoms. The highest BCUT2D eigenvalue weighted by molar-refractivity contribution is 5.46. The molecule has 0 spiro atoms. The number of aryl methyl sites for hydroxylation is 1. The van der Waals surface area contributed by atoms with Gasteiger partial charge < -0.3 is 10.3 Å². The number of nitrogens with one attached hydrogen (secondary N) is 2. The van der Waals surface area contributed by atoms with Gasteiger partial charge in [-0.1, -0.05) is 48.5 Å². The van der Waals surface area contributed by atoms with Crippen LogP contribution in [0.4, 0.5) is 0 Å². The van der Waals surface area contributed by atoms with Gasteiger partial charge in [0.05, 0.1) is 6.04 Å². The summed E-state index contributed by atoms with van der Waals surface area (Å²) in [4.78, 5) is 3.41. The predicted molar refractivity (Wildman–Crippen MR) is 94.8 cm³/mol. The van der Waals surface area contributed by atoms with Crippen LogP contribution in [0.1, 0.15) is 39.6 Å². The minimum absolute atomic E-state index is 0.296. The van der Waals surface area contributed by atoms with Crippen molar-refractivity contribution < 1.29 is 0 Å². The molecule has 3 aromatic rings. The van der Waals surface area contributed by atoms with E-state index >= 15 is 0 Å². The highest BCUT2D eigenvalue weighted by atomic mass is 14.9. The van der Waals surface area contributed by atoms with Crippen LogP contribution in [0.25, 0.3) is 0 Å². The van der Waals surface area contributed by atoms with E-state index in [9.17, 15) is 0 Å². The smallest absolute Gasteiger partial charge is 0.0600 e. The zero-order chi connectivity index (χ0) is 15.6. The minimum Gasteiger partial charge on any atom is -0.365 e. The molecule has 1 atom stereocenters. The molecule has 1 aliphatic rings. The highest BCUT2D eigenvalue weighted by Crippen LogP contribution is 2.33. The van der Waals surface area contributed by atoms with Gasteiger partial charge in [0.15, 0.2) is 0 Å². The Balaban J connectivity index is 1.77. The lowest BCUT2D eigenvalue weighted by Gasteiger charge is -2.28. The van der Waals surface area contributed by atoms with Crippen molar-refractivity contribution in [2.75, 3.05) is 6.54 Å². The van der Waals surface area contributed by atoms with Gasteiger partial charge in [-0.2, -0.15) is 0 Å². The Bertz CT molecular complexity index is 802. The van der Waals surface area contributed by atoms with Gasteiger partial charge in [-0.3, -0.25) is 0 Å². The number of aromatic nitrogens is 1. The number of H-pyrrole nitrogens is 1. The maximum absolute atomic E-state index is 3.72. The summed E-state index contributed by atoms with van der Waals surface area (Å²) in [5, 5.41) is 3.72. The van der Waals surface area contributed by atoms with Crippen LogP contribution in [0, 0.1) is 6.92 Å². The van der Waals surface area contributed by atoms with Gasteiger partial charge in [-0.05, 0) is 47.2 Å². The zero-order valence-electron chi connectivity index (χ0n) is 13.5. The first-order valence-corrected chi connectivity index (χ1v) is 8.35. The van der Waals surface area contributed by atoms with Crippen molar-refractivity contribution in [2.45, 2.75) is 25.8 Å². The molecule has 2 nitrogen and oxygen atoms in total. The topological polar surface area (TPSA) is 27.8 Å². The van der Waals surface area contributed by atoms with Crippen LogP contribution in [-0.4, -0.2) is 11.5 Å². The second kappa shape index (κ2) is 6.05. The van der Waals surface area contributed by atoms with Gasteiger partial charge in [0.2, 0.25) is 0 Å². The van der Waals surface area contributed by atoms with Crippen LogP contribution >= 0.6 is 0 Å². The lowest BCUT2D eigenvalue weighted by atomic mass is 9.86. The van der Waals surface area contributed by atoms with E-state index in [0.29, 0.717) is 6.04 Å². The molecular formula is C21H22N2. The van der Waals surface area contributed by atoms with Crippen molar-refractivity contribution in [3.8, 4) is 0 Å². The SMILES string of the molecule is Cc1cccc(Cc2ccccc2)c1C1NCCc2[nH]ccc21. The molecule has 0 amide bonds. The van der Waals surface area contributed by atoms with E-state index in [1.165, 1.54) is 33.5 Å². The Morgan fingerprint density at radius 2 is 1.87 bits per heavy atom. The van der Waals surface area contributed by atoms with Crippen LogP contribution in [0.2, 0.25) is 0 Å². The molecule has 2 heteroatoms. The number of benzene rings is 2. The first-order valence-electron chi connectivity index (χ1n) is 8.35. The summed E-state index contributed by atoms with van der Waals surface area (Å²) < 4.78 is 0. The van der Waals surface area contributed by atoms with E-state index in [1.54, 1.807) is 0 Å². The molecule has 2 heterocycles. The molecule has 0 aliphatic carbocycles. The largest absolute Gasteiger partial charge is 0.365 e. The molecule has 1 aromatic heterocycles. The quantitative estimate of drug-likeness (QED) is 0.747. The molecule has 1 unspecified atom stereocenters. The summed E-state index contributed by atoms with van der Waals surface area (Å²) in [6.45, 7) is 3.25. The third-order valence-electron chi connectivity index (χ3n) is 4.84. The third kappa shape index (κ3) is 2.71. The Morgan fingerprint density at radius 1 is 1.00 bits per heavy atom. The van der Waals surface area contributed by atoms with E-state index in [1.807, 2.05) is 0 Å². The lowest BCUT2D eigenvalue weighted by molar-refractivity contribution is 0.559. The maximum atomic E-state index is 3.72. The zero-order valence-corrected chi connectivity index (χ0v) is 13.5. The highest BCUT2D eigenvalue weighted by Gasteiger charge is 2.25. The molecule has 0 fully saturated rings. The van der Waals surface area contributed by atoms with Crippen LogP contribution in [0.3, 0.4) is 0 Å². The fraction of sp³-hybridized carbons (Fsp3) is 0.238. The summed E-state index contributed by atoms with van der Waals surface area (Å²) in [5.41, 5.74) is 8.37. The average molecular weight is 302 g/mol. The van der Waals surface area contributed by atoms with Crippen molar-refractivity contribution in [3.63, 3.8) is 0 Å². The second-order valence-electron chi connectivity index (χ2n) is 6.36. The summed E-state index contributed by atoms with van der Waals surface area (Å²) >= 11 is 0. The molecule has 0 saturated heterocycles. The average Bonchev–Trinajstić information content (AvgIpc) is 3.05. The number of hydrogen-bond acceptors (Lipinski definition) is 1. The van der Waals surface area contributed by atoms with Crippen molar-refractivity contribution in [3.05, 3.63) is 94.3 Å². The van der Waals surface area contributed by atoms with Gasteiger partial charge in [0.25, 0.3) is 0 Å². The monoisotopic (exact) mass is 302 g/mol. The van der Waals surface area contributed by atoms with Crippen molar-refractivity contribution >= 4 is 0 Å². The van der Waals surface area contributed by atoms with Gasteiger partial charge in [0.1, 0.15) is 0 Å². The summed E-state index contributed by atoms with van der Waals surface area (Å²) in [6.07, 6.45) is 4.13. The summed E-state index contributed by atoms with van der Waals surface area (Å²) in [6, 6.07) is 19.9. The third-order valence-corrected chi connectivity index (χ3v) is 4.84. The van der Waals surface area contributed by atoms with Crippen molar-refractivity contribution in [1.82, 2.24) is 10.3 Å². The molecule has 0 saturated carbocycles. The second-order valence-corrected chi connectivity index (χ2v) is 6.36. The molecule has 2 aromatic carbocycles. The maximum Gasteiger partial charge on any atom is 0.0600 e. The van der Waals surface area contributed by atoms with Crippen LogP contribution in [0.5, 0.6) is 0 Å². The molecule has 4 rings (SSSR count). The molecular weight excluding hydrogens is 280 g/mol. The first kappa shape index (κ1) is 14.3.